The van der Waals surface area contributed by atoms with Crippen LogP contribution in [0.15, 0.2) is 59.5 Å². The van der Waals surface area contributed by atoms with Crippen LogP contribution in [0, 0.1) is 5.92 Å². The molecule has 144 valence electrons. The van der Waals surface area contributed by atoms with Crippen molar-refractivity contribution in [2.24, 2.45) is 5.92 Å². The van der Waals surface area contributed by atoms with Gasteiger partial charge in [0.05, 0.1) is 10.8 Å². The number of carbonyl (C=O) groups excluding carboxylic acids is 1. The van der Waals surface area contributed by atoms with Gasteiger partial charge in [0.1, 0.15) is 11.5 Å². The lowest BCUT2D eigenvalue weighted by Crippen LogP contribution is -2.47. The van der Waals surface area contributed by atoms with E-state index in [1.165, 1.54) is 12.1 Å². The van der Waals surface area contributed by atoms with Crippen molar-refractivity contribution >= 4 is 15.9 Å². The molecule has 0 radical (unpaired) electrons. The Hall–Kier alpha value is -2.42. The molecular weight excluding hydrogens is 368 g/mol. The molecule has 0 saturated heterocycles. The third-order valence-electron chi connectivity index (χ3n) is 4.63. The first-order valence-corrected chi connectivity index (χ1v) is 10.3. The molecule has 8 heteroatoms. The van der Waals surface area contributed by atoms with Gasteiger partial charge < -0.3 is 4.74 Å². The van der Waals surface area contributed by atoms with E-state index < -0.39 is 27.9 Å². The predicted octanol–water partition coefficient (Wildman–Crippen LogP) is 2.82. The van der Waals surface area contributed by atoms with E-state index in [-0.39, 0.29) is 4.90 Å². The Morgan fingerprint density at radius 2 is 1.59 bits per heavy atom. The van der Waals surface area contributed by atoms with Crippen LogP contribution in [0.3, 0.4) is 0 Å². The van der Waals surface area contributed by atoms with Crippen molar-refractivity contribution in [2.75, 3.05) is 0 Å². The van der Waals surface area contributed by atoms with E-state index in [2.05, 4.69) is 4.72 Å². The fraction of sp³-hybridized carbons (Fsp3) is 0.316. The molecule has 3 N–H and O–H groups in total. The summed E-state index contributed by atoms with van der Waals surface area (Å²) >= 11 is 0. The number of hydrogen-bond donors (Lipinski definition) is 3. The van der Waals surface area contributed by atoms with Gasteiger partial charge in [-0.1, -0.05) is 31.0 Å². The van der Waals surface area contributed by atoms with Crippen LogP contribution in [0.5, 0.6) is 11.5 Å². The minimum absolute atomic E-state index is 0.0941. The van der Waals surface area contributed by atoms with Gasteiger partial charge in [-0.2, -0.15) is 0 Å². The topological polar surface area (TPSA) is 105 Å². The minimum Gasteiger partial charge on any atom is -0.457 e. The average Bonchev–Trinajstić information content (AvgIpc) is 2.69. The normalized spacial score (nSPS) is 20.0. The van der Waals surface area contributed by atoms with Crippen molar-refractivity contribution in [1.29, 1.82) is 0 Å². The molecule has 27 heavy (non-hydrogen) atoms. The molecule has 2 aromatic rings. The highest BCUT2D eigenvalue weighted by atomic mass is 32.2. The van der Waals surface area contributed by atoms with E-state index in [1.54, 1.807) is 17.6 Å². The molecule has 1 fully saturated rings. The Bertz CT molecular complexity index is 869. The molecule has 0 aromatic heterocycles. The van der Waals surface area contributed by atoms with Crippen LogP contribution in [-0.4, -0.2) is 25.6 Å². The summed E-state index contributed by atoms with van der Waals surface area (Å²) < 4.78 is 33.6. The summed E-state index contributed by atoms with van der Waals surface area (Å²) in [5, 5.41) is 8.88. The van der Waals surface area contributed by atoms with Crippen molar-refractivity contribution in [3.8, 4) is 11.5 Å². The zero-order valence-corrected chi connectivity index (χ0v) is 15.5. The molecule has 2 aromatic carbocycles. The van der Waals surface area contributed by atoms with Crippen LogP contribution in [-0.2, 0) is 14.8 Å². The summed E-state index contributed by atoms with van der Waals surface area (Å²) in [6.07, 6.45) is 2.73. The van der Waals surface area contributed by atoms with Gasteiger partial charge in [-0.05, 0) is 49.2 Å². The molecule has 0 unspecified atom stereocenters. The number of carbonyl (C=O) groups is 1. The minimum atomic E-state index is -3.79. The molecule has 1 saturated carbocycles. The number of benzene rings is 2. The van der Waals surface area contributed by atoms with Crippen molar-refractivity contribution in [3.63, 3.8) is 0 Å². The van der Waals surface area contributed by atoms with Crippen LogP contribution in [0.25, 0.3) is 0 Å². The Balaban J connectivity index is 1.71. The first-order chi connectivity index (χ1) is 13.0. The third-order valence-corrected chi connectivity index (χ3v) is 6.14. The quantitative estimate of drug-likeness (QED) is 0.520. The predicted molar refractivity (Wildman–Crippen MR) is 99.0 cm³/mol. The summed E-state index contributed by atoms with van der Waals surface area (Å²) in [6.45, 7) is 0. The Morgan fingerprint density at radius 3 is 2.26 bits per heavy atom. The van der Waals surface area contributed by atoms with E-state index in [1.807, 2.05) is 30.3 Å². The Morgan fingerprint density at radius 1 is 0.963 bits per heavy atom. The second-order valence-corrected chi connectivity index (χ2v) is 8.20. The van der Waals surface area contributed by atoms with Crippen LogP contribution >= 0.6 is 0 Å². The summed E-state index contributed by atoms with van der Waals surface area (Å²) in [4.78, 5) is 11.9. The highest BCUT2D eigenvalue weighted by Gasteiger charge is 2.34. The van der Waals surface area contributed by atoms with Gasteiger partial charge in [-0.3, -0.25) is 10.0 Å². The van der Waals surface area contributed by atoms with Gasteiger partial charge in [-0.15, -0.1) is 0 Å². The number of hydroxylamine groups is 1. The molecule has 3 rings (SSSR count). The molecule has 0 bridgehead atoms. The highest BCUT2D eigenvalue weighted by molar-refractivity contribution is 7.89. The lowest BCUT2D eigenvalue weighted by Gasteiger charge is -2.30. The Labute approximate surface area is 158 Å². The number of sulfonamides is 1. The van der Waals surface area contributed by atoms with Gasteiger partial charge in [0.2, 0.25) is 15.9 Å². The number of para-hydroxylation sites is 1. The maximum absolute atomic E-state index is 12.7. The number of amides is 1. The van der Waals surface area contributed by atoms with Crippen molar-refractivity contribution in [3.05, 3.63) is 54.6 Å². The van der Waals surface area contributed by atoms with Crippen LogP contribution in [0.1, 0.15) is 25.7 Å². The summed E-state index contributed by atoms with van der Waals surface area (Å²) in [5.41, 5.74) is 1.63. The van der Waals surface area contributed by atoms with E-state index in [9.17, 15) is 13.2 Å². The van der Waals surface area contributed by atoms with E-state index >= 15 is 0 Å². The number of hydrogen-bond acceptors (Lipinski definition) is 5. The smallest absolute Gasteiger partial charge is 0.248 e. The highest BCUT2D eigenvalue weighted by Crippen LogP contribution is 2.27. The fourth-order valence-corrected chi connectivity index (χ4v) is 4.56. The maximum Gasteiger partial charge on any atom is 0.248 e. The monoisotopic (exact) mass is 390 g/mol. The Kier molecular flexibility index (Phi) is 6.10. The molecule has 2 atom stereocenters. The van der Waals surface area contributed by atoms with Gasteiger partial charge >= 0.3 is 0 Å². The molecule has 0 spiro atoms. The zero-order valence-electron chi connectivity index (χ0n) is 14.7. The zero-order chi connectivity index (χ0) is 19.3. The molecule has 0 aliphatic heterocycles. The van der Waals surface area contributed by atoms with Crippen molar-refractivity contribution in [2.45, 2.75) is 36.6 Å². The van der Waals surface area contributed by atoms with Crippen molar-refractivity contribution in [1.82, 2.24) is 10.2 Å². The maximum atomic E-state index is 12.7. The van der Waals surface area contributed by atoms with Crippen molar-refractivity contribution < 1.29 is 23.2 Å². The molecule has 1 aliphatic rings. The van der Waals surface area contributed by atoms with Gasteiger partial charge in [0.25, 0.3) is 0 Å². The molecule has 1 amide bonds. The largest absolute Gasteiger partial charge is 0.457 e. The van der Waals surface area contributed by atoms with Gasteiger partial charge in [-0.25, -0.2) is 18.6 Å². The standard InChI is InChI=1S/C19H22N2O5S/c22-19(20-23)17-8-4-5-9-18(17)21-27(24,25)16-12-10-15(11-13-16)26-14-6-2-1-3-7-14/h1-3,6-7,10-13,17-18,21,23H,4-5,8-9H2,(H,20,22)/t17-,18+/m0/s1. The van der Waals surface area contributed by atoms with Gasteiger partial charge in [0.15, 0.2) is 0 Å². The van der Waals surface area contributed by atoms with Crippen LogP contribution in [0.2, 0.25) is 0 Å². The number of rotatable bonds is 6. The summed E-state index contributed by atoms with van der Waals surface area (Å²) in [7, 11) is -3.79. The van der Waals surface area contributed by atoms with Crippen LogP contribution in [0.4, 0.5) is 0 Å². The second kappa shape index (κ2) is 8.51. The molecule has 7 nitrogen and oxygen atoms in total. The number of nitrogens with one attached hydrogen (secondary N) is 2. The van der Waals surface area contributed by atoms with E-state index in [0.717, 1.165) is 12.8 Å². The fourth-order valence-electron chi connectivity index (χ4n) is 3.25. The molecule has 1 aliphatic carbocycles. The lowest BCUT2D eigenvalue weighted by molar-refractivity contribution is -0.135. The SMILES string of the molecule is O=C(NO)[C@H]1CCCC[C@H]1NS(=O)(=O)c1ccc(Oc2ccccc2)cc1. The molecular formula is C19H22N2O5S. The average molecular weight is 390 g/mol. The molecule has 0 heterocycles. The van der Waals surface area contributed by atoms with E-state index in [4.69, 9.17) is 9.94 Å². The third kappa shape index (κ3) is 4.85. The van der Waals surface area contributed by atoms with Crippen LogP contribution < -0.4 is 14.9 Å². The number of ether oxygens (including phenoxy) is 1. The lowest BCUT2D eigenvalue weighted by atomic mass is 9.85. The first kappa shape index (κ1) is 19.3. The summed E-state index contributed by atoms with van der Waals surface area (Å²) in [5.74, 6) is 0.0369. The van der Waals surface area contributed by atoms with E-state index in [0.29, 0.717) is 24.3 Å². The van der Waals surface area contributed by atoms with Gasteiger partial charge in [0, 0.05) is 6.04 Å². The first-order valence-electron chi connectivity index (χ1n) is 8.79. The second-order valence-electron chi connectivity index (χ2n) is 6.48. The summed E-state index contributed by atoms with van der Waals surface area (Å²) in [6, 6.07) is 14.7.